The molecule has 0 amide bonds. The van der Waals surface area contributed by atoms with Gasteiger partial charge < -0.3 is 0 Å². The Hall–Kier alpha value is -6.58. The van der Waals surface area contributed by atoms with E-state index < -0.39 is 0 Å². The van der Waals surface area contributed by atoms with Gasteiger partial charge in [-0.3, -0.25) is 4.57 Å². The normalized spacial score (nSPS) is 15.6. The summed E-state index contributed by atoms with van der Waals surface area (Å²) in [4.78, 5) is 10.7. The van der Waals surface area contributed by atoms with E-state index in [0.29, 0.717) is 17.8 Å². The van der Waals surface area contributed by atoms with Crippen LogP contribution in [0, 0.1) is 11.8 Å². The van der Waals surface area contributed by atoms with E-state index in [1.54, 1.807) is 0 Å². The fraction of sp³-hybridized carbons (Fsp3) is 0.0980. The van der Waals surface area contributed by atoms with E-state index in [0.717, 1.165) is 44.3 Å². The minimum Gasteiger partial charge on any atom is -0.277 e. The molecule has 1 aliphatic rings. The lowest BCUT2D eigenvalue weighted by Crippen LogP contribution is -2.04. The van der Waals surface area contributed by atoms with E-state index >= 15 is 0 Å². The Bertz CT molecular complexity index is 2880. The van der Waals surface area contributed by atoms with Crippen molar-refractivity contribution in [3.63, 3.8) is 0 Å². The van der Waals surface area contributed by atoms with Crippen molar-refractivity contribution < 1.29 is 0 Å². The average Bonchev–Trinajstić information content (AvgIpc) is 3.76. The summed E-state index contributed by atoms with van der Waals surface area (Å²) in [5.74, 6) is 1.84. The maximum atomic E-state index is 5.40. The van der Waals surface area contributed by atoms with Crippen LogP contribution >= 0.6 is 0 Å². The number of para-hydroxylation sites is 2. The Morgan fingerprint density at radius 2 is 1.09 bits per heavy atom. The maximum absolute atomic E-state index is 5.40. The van der Waals surface area contributed by atoms with Crippen molar-refractivity contribution in [1.29, 1.82) is 0 Å². The van der Waals surface area contributed by atoms with Crippen LogP contribution in [0.2, 0.25) is 0 Å². The molecule has 0 N–H and O–H groups in total. The van der Waals surface area contributed by atoms with Gasteiger partial charge in [0, 0.05) is 27.3 Å². The van der Waals surface area contributed by atoms with Crippen molar-refractivity contribution in [2.45, 2.75) is 20.3 Å². The first-order valence-corrected chi connectivity index (χ1v) is 19.0. The number of hydrogen-bond acceptors (Lipinski definition) is 2. The van der Waals surface area contributed by atoms with Gasteiger partial charge in [0.1, 0.15) is 0 Å². The highest BCUT2D eigenvalue weighted by molar-refractivity contribution is 6.15. The smallest absolute Gasteiger partial charge is 0.235 e. The number of benzene rings is 7. The Labute approximate surface area is 315 Å². The second-order valence-electron chi connectivity index (χ2n) is 14.8. The van der Waals surface area contributed by atoms with Crippen LogP contribution in [0.25, 0.3) is 88.9 Å². The molecule has 0 radical (unpaired) electrons. The van der Waals surface area contributed by atoms with Crippen molar-refractivity contribution in [2.24, 2.45) is 11.8 Å². The zero-order chi connectivity index (χ0) is 36.2. The molecule has 0 saturated heterocycles. The monoisotopic (exact) mass is 693 g/mol. The first-order valence-electron chi connectivity index (χ1n) is 19.0. The average molecular weight is 694 g/mol. The summed E-state index contributed by atoms with van der Waals surface area (Å²) in [7, 11) is 0. The number of hydrogen-bond donors (Lipinski definition) is 0. The van der Waals surface area contributed by atoms with Gasteiger partial charge in [0.05, 0.1) is 22.2 Å². The molecule has 0 fully saturated rings. The second kappa shape index (κ2) is 13.1. The van der Waals surface area contributed by atoms with Crippen LogP contribution in [0.4, 0.5) is 0 Å². The van der Waals surface area contributed by atoms with Gasteiger partial charge in [-0.2, -0.15) is 0 Å². The summed E-state index contributed by atoms with van der Waals surface area (Å²) >= 11 is 0. The molecule has 2 atom stereocenters. The number of rotatable bonds is 6. The predicted molar refractivity (Wildman–Crippen MR) is 227 cm³/mol. The van der Waals surface area contributed by atoms with Gasteiger partial charge in [0.15, 0.2) is 0 Å². The molecule has 3 nitrogen and oxygen atoms in total. The molecular weight excluding hydrogens is 655 g/mol. The minimum absolute atomic E-state index is 0.567. The van der Waals surface area contributed by atoms with Crippen molar-refractivity contribution in [2.75, 3.05) is 0 Å². The molecule has 2 unspecified atom stereocenters. The van der Waals surface area contributed by atoms with Gasteiger partial charge in [-0.1, -0.05) is 153 Å². The highest BCUT2D eigenvalue weighted by atomic mass is 15.2. The van der Waals surface area contributed by atoms with E-state index in [9.17, 15) is 0 Å². The quantitative estimate of drug-likeness (QED) is 0.174. The summed E-state index contributed by atoms with van der Waals surface area (Å²) in [5, 5.41) is 3.37. The van der Waals surface area contributed by atoms with Crippen LogP contribution in [0.1, 0.15) is 25.8 Å². The van der Waals surface area contributed by atoms with Crippen LogP contribution in [0.15, 0.2) is 176 Å². The van der Waals surface area contributed by atoms with Gasteiger partial charge in [0.2, 0.25) is 5.95 Å². The molecule has 258 valence electrons. The Kier molecular flexibility index (Phi) is 7.80. The van der Waals surface area contributed by atoms with Crippen molar-refractivity contribution in [1.82, 2.24) is 14.5 Å². The Balaban J connectivity index is 1.25. The molecule has 0 bridgehead atoms. The molecule has 0 saturated carbocycles. The van der Waals surface area contributed by atoms with Crippen molar-refractivity contribution in [3.05, 3.63) is 181 Å². The van der Waals surface area contributed by atoms with E-state index in [1.165, 1.54) is 50.6 Å². The van der Waals surface area contributed by atoms with Crippen LogP contribution in [-0.2, 0) is 0 Å². The predicted octanol–water partition coefficient (Wildman–Crippen LogP) is 13.5. The zero-order valence-electron chi connectivity index (χ0n) is 30.4. The molecule has 9 aromatic rings. The first kappa shape index (κ1) is 32.1. The van der Waals surface area contributed by atoms with Crippen LogP contribution in [0.5, 0.6) is 0 Å². The summed E-state index contributed by atoms with van der Waals surface area (Å²) < 4.78 is 2.29. The van der Waals surface area contributed by atoms with E-state index in [2.05, 4.69) is 194 Å². The molecule has 2 aromatic heterocycles. The maximum Gasteiger partial charge on any atom is 0.235 e. The van der Waals surface area contributed by atoms with Crippen LogP contribution in [-0.4, -0.2) is 14.5 Å². The van der Waals surface area contributed by atoms with Crippen LogP contribution < -0.4 is 0 Å². The summed E-state index contributed by atoms with van der Waals surface area (Å²) in [5.41, 5.74) is 14.9. The number of fused-ring (bicyclic) bond motifs is 4. The molecule has 54 heavy (non-hydrogen) atoms. The van der Waals surface area contributed by atoms with Gasteiger partial charge in [-0.25, -0.2) is 9.97 Å². The zero-order valence-corrected chi connectivity index (χ0v) is 30.4. The summed E-state index contributed by atoms with van der Waals surface area (Å²) in [6.45, 7) is 4.68. The molecule has 10 rings (SSSR count). The standard InChI is InChI=1S/C51H39N3/c1-33-27-34(2)44(28-33)39-21-13-19-37(29-39)38-20-14-22-40(30-38)45-31-41(35-15-5-3-6-16-35)32-46-42-23-10-12-26-48(42)54(50(45)46)51-52-47-25-11-9-24-43(47)49(53-51)36-17-7-4-8-18-36/h3-26,28-34H,27H2,1-2H3. The SMILES string of the molecule is CC1C=C(c2cccc(-c3cccc(-c4cc(-c5ccccc5)cc5c6ccccc6n(-c6nc(-c7ccccc7)c7ccccc7n6)c45)c3)c2)C(C)C1. The highest BCUT2D eigenvalue weighted by Gasteiger charge is 2.23. The molecular formula is C51H39N3. The number of nitrogens with zero attached hydrogens (tertiary/aromatic N) is 3. The van der Waals surface area contributed by atoms with Gasteiger partial charge in [-0.05, 0) is 93.6 Å². The Morgan fingerprint density at radius 1 is 0.481 bits per heavy atom. The highest BCUT2D eigenvalue weighted by Crippen LogP contribution is 2.43. The fourth-order valence-corrected chi connectivity index (χ4v) is 8.65. The fourth-order valence-electron chi connectivity index (χ4n) is 8.65. The van der Waals surface area contributed by atoms with Crippen molar-refractivity contribution in [3.8, 4) is 50.6 Å². The molecule has 2 heterocycles. The second-order valence-corrected chi connectivity index (χ2v) is 14.8. The van der Waals surface area contributed by atoms with Crippen molar-refractivity contribution >= 4 is 38.3 Å². The first-order chi connectivity index (χ1) is 26.6. The number of allylic oxidation sites excluding steroid dienone is 2. The number of aromatic nitrogens is 3. The molecule has 0 spiro atoms. The third-order valence-electron chi connectivity index (χ3n) is 11.1. The summed E-state index contributed by atoms with van der Waals surface area (Å²) in [6, 6.07) is 61.0. The molecule has 0 aliphatic heterocycles. The lowest BCUT2D eigenvalue weighted by atomic mass is 9.91. The topological polar surface area (TPSA) is 30.7 Å². The van der Waals surface area contributed by atoms with E-state index in [-0.39, 0.29) is 0 Å². The lowest BCUT2D eigenvalue weighted by Gasteiger charge is -2.15. The molecule has 1 aliphatic carbocycles. The lowest BCUT2D eigenvalue weighted by molar-refractivity contribution is 0.597. The van der Waals surface area contributed by atoms with Gasteiger partial charge in [0.25, 0.3) is 0 Å². The van der Waals surface area contributed by atoms with Crippen LogP contribution in [0.3, 0.4) is 0 Å². The largest absolute Gasteiger partial charge is 0.277 e. The third kappa shape index (κ3) is 5.52. The molecule has 3 heteroatoms. The van der Waals surface area contributed by atoms with Gasteiger partial charge >= 0.3 is 0 Å². The third-order valence-corrected chi connectivity index (χ3v) is 11.1. The Morgan fingerprint density at radius 3 is 1.83 bits per heavy atom. The summed E-state index contributed by atoms with van der Waals surface area (Å²) in [6.07, 6.45) is 3.67. The van der Waals surface area contributed by atoms with E-state index in [1.807, 2.05) is 0 Å². The minimum atomic E-state index is 0.567. The van der Waals surface area contributed by atoms with E-state index in [4.69, 9.17) is 9.97 Å². The van der Waals surface area contributed by atoms with Gasteiger partial charge in [-0.15, -0.1) is 0 Å². The molecule has 7 aromatic carbocycles.